The summed E-state index contributed by atoms with van der Waals surface area (Å²) in [5, 5.41) is 2.80. The third kappa shape index (κ3) is 4.27. The van der Waals surface area contributed by atoms with E-state index in [4.69, 9.17) is 9.73 Å². The second-order valence-electron chi connectivity index (χ2n) is 7.87. The van der Waals surface area contributed by atoms with E-state index in [1.807, 2.05) is 52.5 Å². The zero-order valence-corrected chi connectivity index (χ0v) is 19.0. The van der Waals surface area contributed by atoms with Gasteiger partial charge in [-0.2, -0.15) is 0 Å². The highest BCUT2D eigenvalue weighted by molar-refractivity contribution is 8.16. The third-order valence-electron chi connectivity index (χ3n) is 5.93. The molecule has 0 radical (unpaired) electrons. The summed E-state index contributed by atoms with van der Waals surface area (Å²) in [7, 11) is 3.47. The quantitative estimate of drug-likeness (QED) is 0.656. The maximum Gasteiger partial charge on any atom is 0.338 e. The summed E-state index contributed by atoms with van der Waals surface area (Å²) in [6, 6.07) is 9.53. The van der Waals surface area contributed by atoms with Gasteiger partial charge in [0, 0.05) is 31.9 Å². The molecule has 0 aromatic heterocycles. The summed E-state index contributed by atoms with van der Waals surface area (Å²) in [6.07, 6.45) is 0.913. The van der Waals surface area contributed by atoms with E-state index in [9.17, 15) is 9.59 Å². The van der Waals surface area contributed by atoms with Crippen LogP contribution >= 0.6 is 11.8 Å². The molecule has 1 amide bonds. The van der Waals surface area contributed by atoms with E-state index in [1.165, 1.54) is 18.9 Å². The normalized spacial score (nSPS) is 21.6. The number of benzene rings is 1. The number of amidine groups is 1. The van der Waals surface area contributed by atoms with Gasteiger partial charge in [0.15, 0.2) is 5.17 Å². The lowest BCUT2D eigenvalue weighted by Gasteiger charge is -2.37. The maximum absolute atomic E-state index is 13.1. The molecular formula is C23H28N4O3S. The molecule has 3 aliphatic rings. The first kappa shape index (κ1) is 21.6. The van der Waals surface area contributed by atoms with Gasteiger partial charge in [-0.15, -0.1) is 0 Å². The monoisotopic (exact) mass is 440 g/mol. The molecule has 3 aliphatic heterocycles. The minimum atomic E-state index is -0.379. The van der Waals surface area contributed by atoms with Crippen molar-refractivity contribution in [2.45, 2.75) is 25.8 Å². The second-order valence-corrected chi connectivity index (χ2v) is 8.71. The summed E-state index contributed by atoms with van der Waals surface area (Å²) < 4.78 is 5.14. The first-order chi connectivity index (χ1) is 15.0. The molecule has 0 saturated carbocycles. The Morgan fingerprint density at radius 1 is 1.16 bits per heavy atom. The van der Waals surface area contributed by atoms with Crippen LogP contribution in [0.1, 0.15) is 31.4 Å². The summed E-state index contributed by atoms with van der Waals surface area (Å²) in [5.41, 5.74) is 3.12. The zero-order chi connectivity index (χ0) is 22.0. The Hall–Kier alpha value is -2.58. The molecule has 0 N–H and O–H groups in total. The number of likely N-dealkylation sites (N-methyl/N-ethyl adjacent to an activating group) is 1. The first-order valence-corrected chi connectivity index (χ1v) is 11.5. The van der Waals surface area contributed by atoms with Gasteiger partial charge < -0.3 is 19.4 Å². The Bertz CT molecular complexity index is 949. The van der Waals surface area contributed by atoms with Crippen LogP contribution in [0.15, 0.2) is 57.7 Å². The standard InChI is InChI=1S/C23H28N4O3S/c1-4-18-20(22(29)30-3)21(16-8-6-5-7-9-16)27-17(15-31-23(27)24-18)14-19(28)26-12-10-25(2)11-13-26/h5-9,15,21H,4,10-14H2,1-3H3. The number of piperazine rings is 1. The number of methoxy groups -OCH3 is 1. The summed E-state index contributed by atoms with van der Waals surface area (Å²) in [6.45, 7) is 5.25. The van der Waals surface area contributed by atoms with Crippen molar-refractivity contribution in [3.8, 4) is 0 Å². The van der Waals surface area contributed by atoms with Crippen molar-refractivity contribution in [1.82, 2.24) is 14.7 Å². The van der Waals surface area contributed by atoms with Crippen LogP contribution in [0.5, 0.6) is 0 Å². The Labute approximate surface area is 187 Å². The first-order valence-electron chi connectivity index (χ1n) is 10.6. The van der Waals surface area contributed by atoms with Gasteiger partial charge in [-0.1, -0.05) is 49.0 Å². The molecule has 0 bridgehead atoms. The number of fused-ring (bicyclic) bond motifs is 1. The number of rotatable bonds is 5. The average Bonchev–Trinajstić information content (AvgIpc) is 3.20. The minimum Gasteiger partial charge on any atom is -0.466 e. The number of carbonyl (C=O) groups excluding carboxylic acids is 2. The van der Waals surface area contributed by atoms with Crippen molar-refractivity contribution in [2.24, 2.45) is 4.99 Å². The molecule has 8 heteroatoms. The molecule has 4 rings (SSSR count). The van der Waals surface area contributed by atoms with Gasteiger partial charge in [0.25, 0.3) is 0 Å². The number of nitrogens with zero attached hydrogens (tertiary/aromatic N) is 4. The maximum atomic E-state index is 13.1. The van der Waals surface area contributed by atoms with E-state index in [2.05, 4.69) is 11.9 Å². The van der Waals surface area contributed by atoms with E-state index in [0.717, 1.165) is 48.3 Å². The SMILES string of the molecule is CCC1=C(C(=O)OC)C(c2ccccc2)N2C(CC(=O)N3CCN(C)CC3)=CSC2=N1. The molecule has 1 unspecified atom stereocenters. The van der Waals surface area contributed by atoms with Crippen LogP contribution in [0, 0.1) is 0 Å². The van der Waals surface area contributed by atoms with Crippen molar-refractivity contribution in [1.29, 1.82) is 0 Å². The molecule has 1 aromatic carbocycles. The van der Waals surface area contributed by atoms with Crippen molar-refractivity contribution >= 4 is 28.8 Å². The van der Waals surface area contributed by atoms with Crippen molar-refractivity contribution < 1.29 is 14.3 Å². The summed E-state index contributed by atoms with van der Waals surface area (Å²) >= 11 is 1.51. The fraction of sp³-hybridized carbons (Fsp3) is 0.435. The molecular weight excluding hydrogens is 412 g/mol. The Morgan fingerprint density at radius 2 is 1.87 bits per heavy atom. The summed E-state index contributed by atoms with van der Waals surface area (Å²) in [4.78, 5) is 36.9. The number of hydrogen-bond donors (Lipinski definition) is 0. The van der Waals surface area contributed by atoms with E-state index in [0.29, 0.717) is 12.0 Å². The molecule has 7 nitrogen and oxygen atoms in total. The fourth-order valence-corrected chi connectivity index (χ4v) is 5.12. The smallest absolute Gasteiger partial charge is 0.338 e. The largest absolute Gasteiger partial charge is 0.466 e. The number of aliphatic imine (C=N–C) groups is 1. The van der Waals surface area contributed by atoms with Gasteiger partial charge >= 0.3 is 5.97 Å². The van der Waals surface area contributed by atoms with Gasteiger partial charge in [-0.3, -0.25) is 4.79 Å². The average molecular weight is 441 g/mol. The van der Waals surface area contributed by atoms with Crippen LogP contribution in [0.3, 0.4) is 0 Å². The Kier molecular flexibility index (Phi) is 6.48. The molecule has 1 atom stereocenters. The lowest BCUT2D eigenvalue weighted by Crippen LogP contribution is -2.47. The molecule has 1 aromatic rings. The van der Waals surface area contributed by atoms with E-state index < -0.39 is 0 Å². The van der Waals surface area contributed by atoms with E-state index in [-0.39, 0.29) is 24.3 Å². The lowest BCUT2D eigenvalue weighted by molar-refractivity contribution is -0.136. The molecule has 0 spiro atoms. The van der Waals surface area contributed by atoms with Gasteiger partial charge in [0.05, 0.1) is 30.8 Å². The molecule has 1 fully saturated rings. The predicted molar refractivity (Wildman–Crippen MR) is 122 cm³/mol. The zero-order valence-electron chi connectivity index (χ0n) is 18.2. The van der Waals surface area contributed by atoms with Crippen LogP contribution < -0.4 is 0 Å². The number of ether oxygens (including phenoxy) is 1. The van der Waals surface area contributed by atoms with Crippen molar-refractivity contribution in [2.75, 3.05) is 40.3 Å². The highest BCUT2D eigenvalue weighted by atomic mass is 32.2. The fourth-order valence-electron chi connectivity index (χ4n) is 4.19. The Balaban J connectivity index is 1.67. The third-order valence-corrected chi connectivity index (χ3v) is 6.82. The van der Waals surface area contributed by atoms with Crippen molar-refractivity contribution in [3.63, 3.8) is 0 Å². The molecule has 0 aliphatic carbocycles. The van der Waals surface area contributed by atoms with Gasteiger partial charge in [0.1, 0.15) is 0 Å². The van der Waals surface area contributed by atoms with Gasteiger partial charge in [-0.25, -0.2) is 9.79 Å². The number of esters is 1. The number of hydrogen-bond acceptors (Lipinski definition) is 7. The minimum absolute atomic E-state index is 0.109. The van der Waals surface area contributed by atoms with Gasteiger partial charge in [0.2, 0.25) is 5.91 Å². The second kappa shape index (κ2) is 9.28. The molecule has 1 saturated heterocycles. The van der Waals surface area contributed by atoms with Crippen LogP contribution in [0.4, 0.5) is 0 Å². The van der Waals surface area contributed by atoms with Crippen LogP contribution in [-0.4, -0.2) is 72.1 Å². The van der Waals surface area contributed by atoms with Crippen LogP contribution in [-0.2, 0) is 14.3 Å². The molecule has 164 valence electrons. The number of thioether (sulfide) groups is 1. The molecule has 3 heterocycles. The van der Waals surface area contributed by atoms with Gasteiger partial charge in [-0.05, 0) is 24.4 Å². The lowest BCUT2D eigenvalue weighted by atomic mass is 9.93. The highest BCUT2D eigenvalue weighted by Crippen LogP contribution is 2.45. The number of carbonyl (C=O) groups is 2. The van der Waals surface area contributed by atoms with Crippen LogP contribution in [0.25, 0.3) is 0 Å². The topological polar surface area (TPSA) is 65.5 Å². The Morgan fingerprint density at radius 3 is 2.52 bits per heavy atom. The van der Waals surface area contributed by atoms with E-state index in [1.54, 1.807) is 0 Å². The summed E-state index contributed by atoms with van der Waals surface area (Å²) in [5.74, 6) is -0.270. The number of amides is 1. The van der Waals surface area contributed by atoms with Crippen LogP contribution in [0.2, 0.25) is 0 Å². The molecule has 31 heavy (non-hydrogen) atoms. The van der Waals surface area contributed by atoms with Crippen molar-refractivity contribution in [3.05, 3.63) is 58.3 Å². The number of allylic oxidation sites excluding steroid dienone is 1. The highest BCUT2D eigenvalue weighted by Gasteiger charge is 2.41. The predicted octanol–water partition coefficient (Wildman–Crippen LogP) is 2.99. The van der Waals surface area contributed by atoms with E-state index >= 15 is 0 Å².